The maximum Gasteiger partial charge on any atom is 0.260 e. The highest BCUT2D eigenvalue weighted by atomic mass is 16.5. The fraction of sp³-hybridized carbons (Fsp3) is 0.138. The highest BCUT2D eigenvalue weighted by Gasteiger charge is 2.37. The summed E-state index contributed by atoms with van der Waals surface area (Å²) < 4.78 is 5.56. The van der Waals surface area contributed by atoms with Crippen LogP contribution in [0.5, 0.6) is 5.75 Å². The average molecular weight is 479 g/mol. The van der Waals surface area contributed by atoms with E-state index in [9.17, 15) is 9.59 Å². The lowest BCUT2D eigenvalue weighted by Gasteiger charge is -2.27. The van der Waals surface area contributed by atoms with Gasteiger partial charge in [0.2, 0.25) is 0 Å². The monoisotopic (exact) mass is 478 g/mol. The zero-order valence-corrected chi connectivity index (χ0v) is 19.8. The van der Waals surface area contributed by atoms with Crippen molar-refractivity contribution >= 4 is 23.2 Å². The van der Waals surface area contributed by atoms with Gasteiger partial charge in [-0.15, -0.1) is 0 Å². The third kappa shape index (κ3) is 4.77. The number of fused-ring (bicyclic) bond motifs is 1. The molecule has 4 aromatic rings. The number of amides is 2. The Hall–Kier alpha value is -4.65. The molecule has 0 aliphatic carbocycles. The number of ether oxygens (including phenoxy) is 1. The maximum atomic E-state index is 13.4. The molecule has 0 saturated carbocycles. The second-order valence-electron chi connectivity index (χ2n) is 8.32. The van der Waals surface area contributed by atoms with E-state index in [-0.39, 0.29) is 11.8 Å². The number of nitrogens with one attached hydrogen (secondary N) is 2. The normalized spacial score (nSPS) is 14.3. The van der Waals surface area contributed by atoms with E-state index in [0.29, 0.717) is 24.3 Å². The Bertz CT molecular complexity index is 1370. The number of hydrogen-bond donors (Lipinski definition) is 2. The summed E-state index contributed by atoms with van der Waals surface area (Å²) in [5, 5.41) is 6.37. The number of pyridine rings is 1. The Morgan fingerprint density at radius 1 is 0.972 bits per heavy atom. The van der Waals surface area contributed by atoms with Crippen molar-refractivity contribution in [1.29, 1.82) is 0 Å². The van der Waals surface area contributed by atoms with Crippen molar-refractivity contribution in [1.82, 2.24) is 10.3 Å². The van der Waals surface area contributed by atoms with Crippen molar-refractivity contribution in [2.45, 2.75) is 19.6 Å². The lowest BCUT2D eigenvalue weighted by Crippen LogP contribution is -2.32. The molecule has 1 aliphatic heterocycles. The molecule has 0 radical (unpaired) electrons. The predicted molar refractivity (Wildman–Crippen MR) is 139 cm³/mol. The number of hydrogen-bond acceptors (Lipinski definition) is 5. The lowest BCUT2D eigenvalue weighted by molar-refractivity contribution is 0.0949. The molecule has 7 nitrogen and oxygen atoms in total. The number of benzene rings is 3. The van der Waals surface area contributed by atoms with E-state index in [2.05, 4.69) is 15.6 Å². The minimum atomic E-state index is -0.432. The van der Waals surface area contributed by atoms with Crippen LogP contribution in [0.15, 0.2) is 97.2 Å². The van der Waals surface area contributed by atoms with Crippen LogP contribution in [0.25, 0.3) is 0 Å². The Morgan fingerprint density at radius 3 is 2.56 bits per heavy atom. The lowest BCUT2D eigenvalue weighted by atomic mass is 10.1. The molecule has 5 rings (SSSR count). The molecule has 1 aromatic heterocycles. The van der Waals surface area contributed by atoms with Gasteiger partial charge in [-0.1, -0.05) is 30.3 Å². The van der Waals surface area contributed by atoms with Crippen LogP contribution >= 0.6 is 0 Å². The van der Waals surface area contributed by atoms with Crippen LogP contribution in [0, 0.1) is 0 Å². The van der Waals surface area contributed by atoms with Gasteiger partial charge in [0.05, 0.1) is 18.8 Å². The van der Waals surface area contributed by atoms with Gasteiger partial charge >= 0.3 is 0 Å². The molecule has 2 amide bonds. The summed E-state index contributed by atoms with van der Waals surface area (Å²) in [5.41, 5.74) is 4.30. The van der Waals surface area contributed by atoms with E-state index in [0.717, 1.165) is 28.4 Å². The second kappa shape index (κ2) is 10.3. The van der Waals surface area contributed by atoms with Gasteiger partial charge < -0.3 is 15.4 Å². The van der Waals surface area contributed by atoms with Gasteiger partial charge in [0.15, 0.2) is 0 Å². The Balaban J connectivity index is 1.39. The van der Waals surface area contributed by atoms with Crippen LogP contribution < -0.4 is 20.3 Å². The number of carbonyl (C=O) groups excluding carboxylic acids is 2. The van der Waals surface area contributed by atoms with Gasteiger partial charge in [0.25, 0.3) is 11.8 Å². The smallest absolute Gasteiger partial charge is 0.260 e. The third-order valence-electron chi connectivity index (χ3n) is 5.97. The quantitative estimate of drug-likeness (QED) is 0.365. The fourth-order valence-corrected chi connectivity index (χ4v) is 4.28. The van der Waals surface area contributed by atoms with Gasteiger partial charge in [-0.05, 0) is 67.6 Å². The van der Waals surface area contributed by atoms with Crippen LogP contribution in [0.4, 0.5) is 11.4 Å². The van der Waals surface area contributed by atoms with E-state index < -0.39 is 6.17 Å². The molecule has 36 heavy (non-hydrogen) atoms. The molecular formula is C29H26N4O3. The Morgan fingerprint density at radius 2 is 1.78 bits per heavy atom. The third-order valence-corrected chi connectivity index (χ3v) is 5.97. The minimum Gasteiger partial charge on any atom is -0.494 e. The Labute approximate surface area is 209 Å². The highest BCUT2D eigenvalue weighted by Crippen LogP contribution is 2.38. The topological polar surface area (TPSA) is 83.6 Å². The summed E-state index contributed by atoms with van der Waals surface area (Å²) in [6, 6.07) is 27.9. The summed E-state index contributed by atoms with van der Waals surface area (Å²) in [7, 11) is 0. The minimum absolute atomic E-state index is 0.0866. The summed E-state index contributed by atoms with van der Waals surface area (Å²) >= 11 is 0. The number of nitrogens with zero attached hydrogens (tertiary/aromatic N) is 2. The molecule has 0 spiro atoms. The van der Waals surface area contributed by atoms with Crippen LogP contribution in [-0.4, -0.2) is 23.4 Å². The standard InChI is InChI=1S/C29H26N4O3/c1-2-36-24-15-13-23(14-16-24)33-27(25-11-3-4-12-26(25)29(33)35)32-21-10-7-8-20(18-21)28(34)31-19-22-9-5-6-17-30-22/h3-18,27,32H,2,19H2,1H3,(H,31,34). The van der Waals surface area contributed by atoms with Crippen molar-refractivity contribution in [3.05, 3.63) is 120 Å². The largest absolute Gasteiger partial charge is 0.494 e. The van der Waals surface area contributed by atoms with Crippen LogP contribution in [0.1, 0.15) is 45.1 Å². The second-order valence-corrected chi connectivity index (χ2v) is 8.32. The van der Waals surface area contributed by atoms with Crippen LogP contribution in [-0.2, 0) is 6.54 Å². The molecule has 1 atom stereocenters. The predicted octanol–water partition coefficient (Wildman–Crippen LogP) is 5.18. The maximum absolute atomic E-state index is 13.4. The molecule has 0 bridgehead atoms. The first-order valence-electron chi connectivity index (χ1n) is 11.8. The van der Waals surface area contributed by atoms with Crippen LogP contribution in [0.2, 0.25) is 0 Å². The number of carbonyl (C=O) groups is 2. The van der Waals surface area contributed by atoms with Gasteiger partial charge in [-0.2, -0.15) is 0 Å². The summed E-state index contributed by atoms with van der Waals surface area (Å²) in [5.74, 6) is 0.464. The molecule has 1 unspecified atom stereocenters. The van der Waals surface area contributed by atoms with Crippen molar-refractivity contribution < 1.29 is 14.3 Å². The van der Waals surface area contributed by atoms with Gasteiger partial charge in [0.1, 0.15) is 11.9 Å². The van der Waals surface area contributed by atoms with Crippen molar-refractivity contribution in [3.8, 4) is 5.75 Å². The SMILES string of the molecule is CCOc1ccc(N2C(=O)c3ccccc3C2Nc2cccc(C(=O)NCc3ccccn3)c2)cc1. The Kier molecular flexibility index (Phi) is 6.62. The first kappa shape index (κ1) is 23.1. The van der Waals surface area contributed by atoms with E-state index in [1.807, 2.05) is 85.8 Å². The molecule has 0 saturated heterocycles. The summed E-state index contributed by atoms with van der Waals surface area (Å²) in [6.07, 6.45) is 1.27. The summed E-state index contributed by atoms with van der Waals surface area (Å²) in [4.78, 5) is 32.1. The molecule has 2 heterocycles. The first-order chi connectivity index (χ1) is 17.6. The van der Waals surface area contributed by atoms with Gasteiger partial charge in [-0.3, -0.25) is 19.5 Å². The molecule has 2 N–H and O–H groups in total. The molecule has 180 valence electrons. The average Bonchev–Trinajstić information content (AvgIpc) is 3.20. The summed E-state index contributed by atoms with van der Waals surface area (Å²) in [6.45, 7) is 2.85. The number of aromatic nitrogens is 1. The zero-order valence-electron chi connectivity index (χ0n) is 19.8. The van der Waals surface area contributed by atoms with Gasteiger partial charge in [-0.25, -0.2) is 0 Å². The fourth-order valence-electron chi connectivity index (χ4n) is 4.28. The van der Waals surface area contributed by atoms with E-state index in [4.69, 9.17) is 4.74 Å². The van der Waals surface area contributed by atoms with Crippen molar-refractivity contribution in [2.75, 3.05) is 16.8 Å². The molecule has 3 aromatic carbocycles. The zero-order chi connectivity index (χ0) is 24.9. The molecule has 0 fully saturated rings. The molecular weight excluding hydrogens is 452 g/mol. The highest BCUT2D eigenvalue weighted by molar-refractivity contribution is 6.11. The number of anilines is 2. The van der Waals surface area contributed by atoms with E-state index in [1.165, 1.54) is 0 Å². The molecule has 7 heteroatoms. The number of rotatable bonds is 8. The van der Waals surface area contributed by atoms with Crippen molar-refractivity contribution in [2.24, 2.45) is 0 Å². The van der Waals surface area contributed by atoms with Crippen LogP contribution in [0.3, 0.4) is 0 Å². The van der Waals surface area contributed by atoms with E-state index in [1.54, 1.807) is 23.2 Å². The molecule has 1 aliphatic rings. The van der Waals surface area contributed by atoms with Gasteiger partial charge in [0, 0.05) is 34.3 Å². The van der Waals surface area contributed by atoms with Crippen molar-refractivity contribution in [3.63, 3.8) is 0 Å². The van der Waals surface area contributed by atoms with E-state index >= 15 is 0 Å². The first-order valence-corrected chi connectivity index (χ1v) is 11.8.